The SMILES string of the molecule is CCCCc1cccc(OC(C)Cc2ccccc2O)c1CCCC. The topological polar surface area (TPSA) is 29.5 Å². The minimum atomic E-state index is 0.0232. The van der Waals surface area contributed by atoms with Gasteiger partial charge in [-0.3, -0.25) is 0 Å². The molecule has 0 radical (unpaired) electrons. The van der Waals surface area contributed by atoms with E-state index in [0.717, 1.165) is 24.2 Å². The summed E-state index contributed by atoms with van der Waals surface area (Å²) < 4.78 is 6.31. The molecule has 0 spiro atoms. The number of benzene rings is 2. The number of phenolic OH excluding ortho intramolecular Hbond substituents is 1. The summed E-state index contributed by atoms with van der Waals surface area (Å²) in [6, 6.07) is 14.0. The van der Waals surface area contributed by atoms with Gasteiger partial charge in [-0.25, -0.2) is 0 Å². The first kappa shape index (κ1) is 19.4. The van der Waals surface area contributed by atoms with E-state index in [0.29, 0.717) is 12.2 Å². The lowest BCUT2D eigenvalue weighted by molar-refractivity contribution is 0.218. The Balaban J connectivity index is 2.14. The second-order valence-electron chi connectivity index (χ2n) is 6.86. The molecule has 0 heterocycles. The van der Waals surface area contributed by atoms with Gasteiger partial charge in [-0.2, -0.15) is 0 Å². The van der Waals surface area contributed by atoms with Crippen LogP contribution in [-0.2, 0) is 19.3 Å². The van der Waals surface area contributed by atoms with Gasteiger partial charge in [-0.05, 0) is 61.4 Å². The van der Waals surface area contributed by atoms with Crippen molar-refractivity contribution < 1.29 is 9.84 Å². The normalized spacial score (nSPS) is 12.1. The molecule has 25 heavy (non-hydrogen) atoms. The molecule has 0 saturated carbocycles. The van der Waals surface area contributed by atoms with E-state index < -0.39 is 0 Å². The van der Waals surface area contributed by atoms with Crippen molar-refractivity contribution >= 4 is 0 Å². The van der Waals surface area contributed by atoms with Crippen LogP contribution in [0.4, 0.5) is 0 Å². The molecular weight excluding hydrogens is 308 g/mol. The molecule has 2 aromatic rings. The highest BCUT2D eigenvalue weighted by Gasteiger charge is 2.13. The number of aromatic hydroxyl groups is 1. The second kappa shape index (κ2) is 10.1. The zero-order valence-electron chi connectivity index (χ0n) is 15.9. The van der Waals surface area contributed by atoms with E-state index in [-0.39, 0.29) is 6.10 Å². The molecule has 1 unspecified atom stereocenters. The predicted octanol–water partition coefficient (Wildman–Crippen LogP) is 6.09. The monoisotopic (exact) mass is 340 g/mol. The van der Waals surface area contributed by atoms with Gasteiger partial charge in [0.2, 0.25) is 0 Å². The van der Waals surface area contributed by atoms with Crippen LogP contribution >= 0.6 is 0 Å². The minimum Gasteiger partial charge on any atom is -0.508 e. The molecule has 2 heteroatoms. The van der Waals surface area contributed by atoms with Crippen LogP contribution in [0.1, 0.15) is 63.1 Å². The first-order valence-corrected chi connectivity index (χ1v) is 9.70. The molecule has 0 aliphatic rings. The lowest BCUT2D eigenvalue weighted by Crippen LogP contribution is -2.16. The van der Waals surface area contributed by atoms with E-state index in [1.165, 1.54) is 36.8 Å². The van der Waals surface area contributed by atoms with Gasteiger partial charge in [0.1, 0.15) is 17.6 Å². The third kappa shape index (κ3) is 5.81. The van der Waals surface area contributed by atoms with Crippen LogP contribution in [0, 0.1) is 0 Å². The van der Waals surface area contributed by atoms with Gasteiger partial charge in [-0.15, -0.1) is 0 Å². The van der Waals surface area contributed by atoms with Crippen molar-refractivity contribution in [3.63, 3.8) is 0 Å². The quantitative estimate of drug-likeness (QED) is 0.567. The van der Waals surface area contributed by atoms with Crippen LogP contribution in [0.5, 0.6) is 11.5 Å². The fraction of sp³-hybridized carbons (Fsp3) is 0.478. The van der Waals surface area contributed by atoms with Crippen LogP contribution < -0.4 is 4.74 Å². The molecule has 0 aliphatic heterocycles. The average molecular weight is 341 g/mol. The largest absolute Gasteiger partial charge is 0.508 e. The molecule has 0 amide bonds. The molecular formula is C23H32O2. The summed E-state index contributed by atoms with van der Waals surface area (Å²) in [4.78, 5) is 0. The van der Waals surface area contributed by atoms with Gasteiger partial charge < -0.3 is 9.84 Å². The van der Waals surface area contributed by atoms with Crippen LogP contribution in [0.3, 0.4) is 0 Å². The summed E-state index contributed by atoms with van der Waals surface area (Å²) in [6.07, 6.45) is 7.74. The summed E-state index contributed by atoms with van der Waals surface area (Å²) in [6.45, 7) is 6.55. The predicted molar refractivity (Wildman–Crippen MR) is 106 cm³/mol. The molecule has 0 aromatic heterocycles. The maximum atomic E-state index is 9.98. The Morgan fingerprint density at radius 1 is 0.880 bits per heavy atom. The number of ether oxygens (including phenoxy) is 1. The molecule has 1 atom stereocenters. The summed E-state index contributed by atoms with van der Waals surface area (Å²) in [5, 5.41) is 9.98. The molecule has 1 N–H and O–H groups in total. The van der Waals surface area contributed by atoms with Crippen molar-refractivity contribution in [2.45, 2.75) is 71.8 Å². The van der Waals surface area contributed by atoms with Crippen molar-refractivity contribution in [3.05, 3.63) is 59.2 Å². The molecule has 0 saturated heterocycles. The molecule has 2 rings (SSSR count). The maximum Gasteiger partial charge on any atom is 0.123 e. The zero-order valence-corrected chi connectivity index (χ0v) is 15.9. The Kier molecular flexibility index (Phi) is 7.84. The van der Waals surface area contributed by atoms with Crippen molar-refractivity contribution in [1.82, 2.24) is 0 Å². The van der Waals surface area contributed by atoms with Crippen molar-refractivity contribution in [2.75, 3.05) is 0 Å². The van der Waals surface area contributed by atoms with Gasteiger partial charge >= 0.3 is 0 Å². The molecule has 0 aliphatic carbocycles. The first-order valence-electron chi connectivity index (χ1n) is 9.70. The molecule has 2 nitrogen and oxygen atoms in total. The van der Waals surface area contributed by atoms with Crippen molar-refractivity contribution in [1.29, 1.82) is 0 Å². The van der Waals surface area contributed by atoms with E-state index in [1.807, 2.05) is 18.2 Å². The standard InChI is InChI=1S/C23H32O2/c1-4-6-11-19-13-10-16-23(21(19)14-7-5-2)25-18(3)17-20-12-8-9-15-22(20)24/h8-10,12-13,15-16,18,24H,4-7,11,14,17H2,1-3H3. The molecule has 0 bridgehead atoms. The van der Waals surface area contributed by atoms with Crippen LogP contribution in [0.15, 0.2) is 42.5 Å². The average Bonchev–Trinajstić information content (AvgIpc) is 2.61. The van der Waals surface area contributed by atoms with Crippen LogP contribution in [0.2, 0.25) is 0 Å². The Hall–Kier alpha value is -1.96. The third-order valence-corrected chi connectivity index (χ3v) is 4.64. The highest BCUT2D eigenvalue weighted by Crippen LogP contribution is 2.28. The zero-order chi connectivity index (χ0) is 18.1. The number of phenols is 1. The van der Waals surface area contributed by atoms with E-state index in [4.69, 9.17) is 4.74 Å². The maximum absolute atomic E-state index is 9.98. The smallest absolute Gasteiger partial charge is 0.123 e. The Labute approximate surface area is 152 Å². The van der Waals surface area contributed by atoms with E-state index in [2.05, 4.69) is 39.0 Å². The van der Waals surface area contributed by atoms with Crippen LogP contribution in [0.25, 0.3) is 0 Å². The second-order valence-corrected chi connectivity index (χ2v) is 6.86. The molecule has 0 fully saturated rings. The van der Waals surface area contributed by atoms with E-state index in [1.54, 1.807) is 6.07 Å². The van der Waals surface area contributed by atoms with Gasteiger partial charge in [0.15, 0.2) is 0 Å². The van der Waals surface area contributed by atoms with Crippen molar-refractivity contribution in [2.24, 2.45) is 0 Å². The Morgan fingerprint density at radius 2 is 1.56 bits per heavy atom. The lowest BCUT2D eigenvalue weighted by Gasteiger charge is -2.20. The van der Waals surface area contributed by atoms with E-state index in [9.17, 15) is 5.11 Å². The minimum absolute atomic E-state index is 0.0232. The summed E-state index contributed by atoms with van der Waals surface area (Å²) in [5.41, 5.74) is 3.75. The van der Waals surface area contributed by atoms with E-state index >= 15 is 0 Å². The number of aryl methyl sites for hydroxylation is 1. The van der Waals surface area contributed by atoms with Crippen LogP contribution in [-0.4, -0.2) is 11.2 Å². The van der Waals surface area contributed by atoms with Gasteiger partial charge in [0.25, 0.3) is 0 Å². The Morgan fingerprint density at radius 3 is 2.28 bits per heavy atom. The van der Waals surface area contributed by atoms with Gasteiger partial charge in [0, 0.05) is 6.42 Å². The summed E-state index contributed by atoms with van der Waals surface area (Å²) in [5.74, 6) is 1.37. The number of para-hydroxylation sites is 1. The highest BCUT2D eigenvalue weighted by molar-refractivity contribution is 5.41. The fourth-order valence-electron chi connectivity index (χ4n) is 3.21. The number of unbranched alkanes of at least 4 members (excludes halogenated alkanes) is 2. The highest BCUT2D eigenvalue weighted by atomic mass is 16.5. The first-order chi connectivity index (χ1) is 12.2. The van der Waals surface area contributed by atoms with Crippen molar-refractivity contribution in [3.8, 4) is 11.5 Å². The molecule has 136 valence electrons. The summed E-state index contributed by atoms with van der Waals surface area (Å²) >= 11 is 0. The molecule has 2 aromatic carbocycles. The number of hydrogen-bond acceptors (Lipinski definition) is 2. The van der Waals surface area contributed by atoms with Gasteiger partial charge in [-0.1, -0.05) is 57.0 Å². The number of hydrogen-bond donors (Lipinski definition) is 1. The summed E-state index contributed by atoms with van der Waals surface area (Å²) in [7, 11) is 0. The third-order valence-electron chi connectivity index (χ3n) is 4.64. The lowest BCUT2D eigenvalue weighted by atomic mass is 9.97. The fourth-order valence-corrected chi connectivity index (χ4v) is 3.21. The number of rotatable bonds is 10. The Bertz CT molecular complexity index is 648. The van der Waals surface area contributed by atoms with Gasteiger partial charge in [0.05, 0.1) is 0 Å².